The van der Waals surface area contributed by atoms with Crippen molar-refractivity contribution >= 4 is 27.0 Å². The van der Waals surface area contributed by atoms with Crippen molar-refractivity contribution in [2.24, 2.45) is 0 Å². The number of nitrogens with one attached hydrogen (secondary N) is 1. The lowest BCUT2D eigenvalue weighted by molar-refractivity contribution is 0.414. The van der Waals surface area contributed by atoms with Crippen molar-refractivity contribution in [1.82, 2.24) is 9.55 Å². The van der Waals surface area contributed by atoms with E-state index in [9.17, 15) is 4.79 Å². The molecule has 4 nitrogen and oxygen atoms in total. The van der Waals surface area contributed by atoms with Crippen molar-refractivity contribution in [3.63, 3.8) is 0 Å². The molecule has 5 heteroatoms. The Morgan fingerprint density at radius 3 is 2.57 bits per heavy atom. The molecule has 0 amide bonds. The Morgan fingerprint density at radius 1 is 1.19 bits per heavy atom. The number of nitrogens with zero attached hydrogens (tertiary/aromatic N) is 1. The molecule has 1 aromatic heterocycles. The summed E-state index contributed by atoms with van der Waals surface area (Å²) in [5.74, 6) is 0.809. The average Bonchev–Trinajstić information content (AvgIpc) is 2.81. The summed E-state index contributed by atoms with van der Waals surface area (Å²) in [6.07, 6.45) is 0. The SMILES string of the molecule is COc1ccc(Cn2c(=O)[nH]c3c(Br)c(C)ccc32)cc1. The van der Waals surface area contributed by atoms with Crippen molar-refractivity contribution in [3.8, 4) is 5.75 Å². The van der Waals surface area contributed by atoms with Crippen LogP contribution in [0.5, 0.6) is 5.75 Å². The van der Waals surface area contributed by atoms with Crippen LogP contribution in [0.4, 0.5) is 0 Å². The van der Waals surface area contributed by atoms with Crippen molar-refractivity contribution in [1.29, 1.82) is 0 Å². The van der Waals surface area contributed by atoms with Crippen LogP contribution < -0.4 is 10.4 Å². The molecule has 0 unspecified atom stereocenters. The molecule has 0 aliphatic heterocycles. The number of imidazole rings is 1. The van der Waals surface area contributed by atoms with Gasteiger partial charge in [-0.15, -0.1) is 0 Å². The molecule has 0 aliphatic rings. The molecular weight excluding hydrogens is 332 g/mol. The number of aromatic nitrogens is 2. The number of rotatable bonds is 3. The third kappa shape index (κ3) is 2.49. The molecule has 0 saturated carbocycles. The minimum atomic E-state index is -0.105. The van der Waals surface area contributed by atoms with Crippen molar-refractivity contribution in [2.75, 3.05) is 7.11 Å². The molecule has 0 saturated heterocycles. The number of aromatic amines is 1. The maximum atomic E-state index is 12.2. The van der Waals surface area contributed by atoms with E-state index in [2.05, 4.69) is 20.9 Å². The maximum Gasteiger partial charge on any atom is 0.326 e. The highest BCUT2D eigenvalue weighted by Crippen LogP contribution is 2.25. The van der Waals surface area contributed by atoms with Gasteiger partial charge in [-0.3, -0.25) is 4.57 Å². The van der Waals surface area contributed by atoms with Crippen LogP contribution in [0.3, 0.4) is 0 Å². The predicted octanol–water partition coefficient (Wildman–Crippen LogP) is 3.46. The summed E-state index contributed by atoms with van der Waals surface area (Å²) < 4.78 is 7.82. The first kappa shape index (κ1) is 13.9. The molecule has 0 bridgehead atoms. The summed E-state index contributed by atoms with van der Waals surface area (Å²) in [6.45, 7) is 2.53. The van der Waals surface area contributed by atoms with Crippen LogP contribution in [0.1, 0.15) is 11.1 Å². The average molecular weight is 347 g/mol. The number of hydrogen-bond acceptors (Lipinski definition) is 2. The fraction of sp³-hybridized carbons (Fsp3) is 0.188. The number of hydrogen-bond donors (Lipinski definition) is 1. The lowest BCUT2D eigenvalue weighted by Gasteiger charge is -2.06. The molecule has 108 valence electrons. The van der Waals surface area contributed by atoms with Gasteiger partial charge >= 0.3 is 5.69 Å². The van der Waals surface area contributed by atoms with Gasteiger partial charge in [-0.05, 0) is 52.2 Å². The van der Waals surface area contributed by atoms with E-state index in [1.807, 2.05) is 43.3 Å². The third-order valence-electron chi connectivity index (χ3n) is 3.58. The summed E-state index contributed by atoms with van der Waals surface area (Å²) in [5, 5.41) is 0. The van der Waals surface area contributed by atoms with Gasteiger partial charge < -0.3 is 9.72 Å². The first-order chi connectivity index (χ1) is 10.1. The molecule has 3 aromatic rings. The minimum absolute atomic E-state index is 0.105. The lowest BCUT2D eigenvalue weighted by Crippen LogP contribution is -2.17. The van der Waals surface area contributed by atoms with E-state index in [1.165, 1.54) is 0 Å². The molecule has 3 rings (SSSR count). The van der Waals surface area contributed by atoms with Crippen LogP contribution in [0.25, 0.3) is 11.0 Å². The fourth-order valence-electron chi connectivity index (χ4n) is 2.37. The molecule has 1 N–H and O–H groups in total. The van der Waals surface area contributed by atoms with E-state index in [1.54, 1.807) is 11.7 Å². The van der Waals surface area contributed by atoms with Gasteiger partial charge in [0, 0.05) is 4.47 Å². The fourth-order valence-corrected chi connectivity index (χ4v) is 2.80. The summed E-state index contributed by atoms with van der Waals surface area (Å²) in [7, 11) is 1.64. The second kappa shape index (κ2) is 5.41. The van der Waals surface area contributed by atoms with Crippen LogP contribution in [0.2, 0.25) is 0 Å². The quantitative estimate of drug-likeness (QED) is 0.789. The van der Waals surface area contributed by atoms with Gasteiger partial charge in [-0.25, -0.2) is 4.79 Å². The van der Waals surface area contributed by atoms with Crippen LogP contribution in [0, 0.1) is 6.92 Å². The summed E-state index contributed by atoms with van der Waals surface area (Å²) in [6, 6.07) is 11.7. The van der Waals surface area contributed by atoms with E-state index >= 15 is 0 Å². The van der Waals surface area contributed by atoms with Crippen LogP contribution in [0.15, 0.2) is 45.7 Å². The maximum absolute atomic E-state index is 12.2. The molecule has 2 aromatic carbocycles. The Morgan fingerprint density at radius 2 is 1.90 bits per heavy atom. The van der Waals surface area contributed by atoms with E-state index < -0.39 is 0 Å². The molecule has 0 fully saturated rings. The van der Waals surface area contributed by atoms with Gasteiger partial charge in [-0.2, -0.15) is 0 Å². The zero-order valence-electron chi connectivity index (χ0n) is 11.8. The summed E-state index contributed by atoms with van der Waals surface area (Å²) in [5.41, 5.74) is 3.78. The Labute approximate surface area is 130 Å². The molecule has 21 heavy (non-hydrogen) atoms. The Kier molecular flexibility index (Phi) is 3.59. The first-order valence-electron chi connectivity index (χ1n) is 6.60. The van der Waals surface area contributed by atoms with Crippen molar-refractivity contribution in [3.05, 3.63) is 62.5 Å². The number of fused-ring (bicyclic) bond motifs is 1. The molecule has 0 atom stereocenters. The molecule has 0 radical (unpaired) electrons. The predicted molar refractivity (Wildman–Crippen MR) is 87.1 cm³/mol. The molecule has 1 heterocycles. The number of aryl methyl sites for hydroxylation is 1. The number of H-pyrrole nitrogens is 1. The largest absolute Gasteiger partial charge is 0.497 e. The molecule has 0 spiro atoms. The third-order valence-corrected chi connectivity index (χ3v) is 4.60. The van der Waals surface area contributed by atoms with Crippen LogP contribution in [-0.2, 0) is 6.54 Å². The van der Waals surface area contributed by atoms with Crippen molar-refractivity contribution in [2.45, 2.75) is 13.5 Å². The zero-order chi connectivity index (χ0) is 15.0. The first-order valence-corrected chi connectivity index (χ1v) is 7.40. The highest BCUT2D eigenvalue weighted by molar-refractivity contribution is 9.10. The van der Waals surface area contributed by atoms with Gasteiger partial charge in [0.05, 0.1) is 24.7 Å². The minimum Gasteiger partial charge on any atom is -0.497 e. The second-order valence-corrected chi connectivity index (χ2v) is 5.75. The topological polar surface area (TPSA) is 47.0 Å². The van der Waals surface area contributed by atoms with E-state index in [-0.39, 0.29) is 5.69 Å². The van der Waals surface area contributed by atoms with Crippen LogP contribution in [-0.4, -0.2) is 16.7 Å². The van der Waals surface area contributed by atoms with E-state index in [0.717, 1.165) is 32.4 Å². The Hall–Kier alpha value is -2.01. The van der Waals surface area contributed by atoms with Gasteiger partial charge in [0.1, 0.15) is 5.75 Å². The van der Waals surface area contributed by atoms with E-state index in [4.69, 9.17) is 4.74 Å². The highest BCUT2D eigenvalue weighted by atomic mass is 79.9. The van der Waals surface area contributed by atoms with Crippen LogP contribution >= 0.6 is 15.9 Å². The van der Waals surface area contributed by atoms with Gasteiger partial charge in [0.15, 0.2) is 0 Å². The van der Waals surface area contributed by atoms with Crippen molar-refractivity contribution < 1.29 is 4.74 Å². The number of halogens is 1. The monoisotopic (exact) mass is 346 g/mol. The zero-order valence-corrected chi connectivity index (χ0v) is 13.4. The highest BCUT2D eigenvalue weighted by Gasteiger charge is 2.11. The summed E-state index contributed by atoms with van der Waals surface area (Å²) >= 11 is 3.53. The molecular formula is C16H15BrN2O2. The van der Waals surface area contributed by atoms with E-state index in [0.29, 0.717) is 6.54 Å². The smallest absolute Gasteiger partial charge is 0.326 e. The Bertz CT molecular complexity index is 847. The Balaban J connectivity index is 2.06. The second-order valence-electron chi connectivity index (χ2n) is 4.95. The van der Waals surface area contributed by atoms with Gasteiger partial charge in [0.2, 0.25) is 0 Å². The molecule has 0 aliphatic carbocycles. The normalized spacial score (nSPS) is 11.0. The number of benzene rings is 2. The summed E-state index contributed by atoms with van der Waals surface area (Å²) in [4.78, 5) is 15.1. The number of ether oxygens (including phenoxy) is 1. The lowest BCUT2D eigenvalue weighted by atomic mass is 10.2. The van der Waals surface area contributed by atoms with Gasteiger partial charge in [0.25, 0.3) is 0 Å². The standard InChI is InChI=1S/C16H15BrN2O2/c1-10-3-8-13-15(14(10)17)18-16(20)19(13)9-11-4-6-12(21-2)7-5-11/h3-8H,9H2,1-2H3,(H,18,20). The van der Waals surface area contributed by atoms with Gasteiger partial charge in [-0.1, -0.05) is 18.2 Å². The number of methoxy groups -OCH3 is 1.